The van der Waals surface area contributed by atoms with Gasteiger partial charge in [-0.25, -0.2) is 4.79 Å². The van der Waals surface area contributed by atoms with Crippen molar-refractivity contribution in [1.29, 1.82) is 0 Å². The molecule has 1 aliphatic rings. The number of rotatable bonds is 4. The second kappa shape index (κ2) is 8.71. The topological polar surface area (TPSA) is 87.2 Å². The van der Waals surface area contributed by atoms with Crippen molar-refractivity contribution in [2.45, 2.75) is 18.9 Å². The number of para-hydroxylation sites is 1. The largest absolute Gasteiger partial charge is 0.322 e. The highest BCUT2D eigenvalue weighted by Crippen LogP contribution is 2.28. The zero-order valence-electron chi connectivity index (χ0n) is 15.3. The number of carbonyl (C=O) groups excluding carboxylic acids is 2. The van der Waals surface area contributed by atoms with Crippen molar-refractivity contribution < 1.29 is 9.59 Å². The normalized spacial score (nSPS) is 15.9. The number of likely N-dealkylation sites (tertiary alicyclic amines) is 1. The molecule has 7 nitrogen and oxygen atoms in total. The van der Waals surface area contributed by atoms with E-state index in [-0.39, 0.29) is 11.9 Å². The number of nitrogens with zero attached hydrogens (tertiary/aromatic N) is 3. The van der Waals surface area contributed by atoms with Gasteiger partial charge in [-0.05, 0) is 37.1 Å². The van der Waals surface area contributed by atoms with Crippen LogP contribution in [0, 0.1) is 0 Å². The van der Waals surface area contributed by atoms with Gasteiger partial charge in [0.25, 0.3) is 0 Å². The maximum Gasteiger partial charge on any atom is 0.322 e. The SMILES string of the molecule is O=C(Nc1nnc(-c2ccc(Br)cc2)s1)C1CCCN1C(=O)Nc1ccccc1. The Morgan fingerprint density at radius 2 is 1.79 bits per heavy atom. The van der Waals surface area contributed by atoms with Gasteiger partial charge in [0.1, 0.15) is 11.0 Å². The van der Waals surface area contributed by atoms with E-state index < -0.39 is 6.04 Å². The third-order valence-electron chi connectivity index (χ3n) is 4.59. The molecular formula is C20H18BrN5O2S. The van der Waals surface area contributed by atoms with Crippen LogP contribution < -0.4 is 10.6 Å². The van der Waals surface area contributed by atoms with Gasteiger partial charge in [0, 0.05) is 22.3 Å². The monoisotopic (exact) mass is 471 g/mol. The van der Waals surface area contributed by atoms with E-state index in [0.29, 0.717) is 23.8 Å². The lowest BCUT2D eigenvalue weighted by molar-refractivity contribution is -0.119. The fraction of sp³-hybridized carbons (Fsp3) is 0.200. The first-order valence-corrected chi connectivity index (χ1v) is 10.7. The van der Waals surface area contributed by atoms with E-state index in [0.717, 1.165) is 21.5 Å². The van der Waals surface area contributed by atoms with Gasteiger partial charge < -0.3 is 10.2 Å². The minimum Gasteiger partial charge on any atom is -0.312 e. The number of urea groups is 1. The molecule has 29 heavy (non-hydrogen) atoms. The van der Waals surface area contributed by atoms with Crippen molar-refractivity contribution in [2.24, 2.45) is 0 Å². The molecule has 4 rings (SSSR count). The molecule has 1 saturated heterocycles. The number of halogens is 1. The molecule has 3 aromatic rings. The summed E-state index contributed by atoms with van der Waals surface area (Å²) in [7, 11) is 0. The highest BCUT2D eigenvalue weighted by Gasteiger charge is 2.34. The lowest BCUT2D eigenvalue weighted by atomic mass is 10.2. The van der Waals surface area contributed by atoms with Gasteiger partial charge in [-0.15, -0.1) is 10.2 Å². The first kappa shape index (κ1) is 19.5. The van der Waals surface area contributed by atoms with Crippen molar-refractivity contribution in [2.75, 3.05) is 17.2 Å². The van der Waals surface area contributed by atoms with Crippen molar-refractivity contribution in [3.63, 3.8) is 0 Å². The summed E-state index contributed by atoms with van der Waals surface area (Å²) in [5.41, 5.74) is 1.63. The van der Waals surface area contributed by atoms with Crippen LogP contribution in [0.3, 0.4) is 0 Å². The van der Waals surface area contributed by atoms with E-state index >= 15 is 0 Å². The van der Waals surface area contributed by atoms with E-state index in [2.05, 4.69) is 36.8 Å². The number of nitrogens with one attached hydrogen (secondary N) is 2. The second-order valence-corrected chi connectivity index (χ2v) is 8.45. The molecular weight excluding hydrogens is 454 g/mol. The van der Waals surface area contributed by atoms with E-state index in [1.54, 1.807) is 4.90 Å². The van der Waals surface area contributed by atoms with Crippen molar-refractivity contribution >= 4 is 50.0 Å². The third-order valence-corrected chi connectivity index (χ3v) is 6.00. The fourth-order valence-electron chi connectivity index (χ4n) is 3.17. The van der Waals surface area contributed by atoms with Gasteiger partial charge in [0.05, 0.1) is 0 Å². The van der Waals surface area contributed by atoms with Crippen LogP contribution in [0.15, 0.2) is 59.1 Å². The maximum atomic E-state index is 12.8. The first-order valence-electron chi connectivity index (χ1n) is 9.13. The van der Waals surface area contributed by atoms with E-state index in [9.17, 15) is 9.59 Å². The summed E-state index contributed by atoms with van der Waals surface area (Å²) in [6.45, 7) is 0.539. The molecule has 3 amide bonds. The molecule has 148 valence electrons. The minimum atomic E-state index is -0.529. The first-order chi connectivity index (χ1) is 14.1. The van der Waals surface area contributed by atoms with Crippen LogP contribution >= 0.6 is 27.3 Å². The quantitative estimate of drug-likeness (QED) is 0.581. The molecule has 1 unspecified atom stereocenters. The van der Waals surface area contributed by atoms with E-state index in [1.165, 1.54) is 11.3 Å². The standard InChI is InChI=1S/C20H18BrN5O2S/c21-14-10-8-13(9-11-14)18-24-25-19(29-18)23-17(27)16-7-4-12-26(16)20(28)22-15-5-2-1-3-6-15/h1-3,5-6,8-11,16H,4,7,12H2,(H,22,28)(H,23,25,27). The molecule has 2 aromatic carbocycles. The average molecular weight is 472 g/mol. The summed E-state index contributed by atoms with van der Waals surface area (Å²) < 4.78 is 0.981. The lowest BCUT2D eigenvalue weighted by Crippen LogP contribution is -2.45. The Morgan fingerprint density at radius 1 is 1.03 bits per heavy atom. The fourth-order valence-corrected chi connectivity index (χ4v) is 4.19. The van der Waals surface area contributed by atoms with Gasteiger partial charge in [0.2, 0.25) is 11.0 Å². The van der Waals surface area contributed by atoms with E-state index in [4.69, 9.17) is 0 Å². The Balaban J connectivity index is 1.41. The van der Waals surface area contributed by atoms with Crippen LogP contribution in [-0.4, -0.2) is 39.6 Å². The Kier molecular flexibility index (Phi) is 5.86. The highest BCUT2D eigenvalue weighted by atomic mass is 79.9. The molecule has 0 radical (unpaired) electrons. The van der Waals surface area contributed by atoms with Crippen LogP contribution in [0.25, 0.3) is 10.6 Å². The maximum absolute atomic E-state index is 12.8. The van der Waals surface area contributed by atoms with Crippen LogP contribution in [0.1, 0.15) is 12.8 Å². The Morgan fingerprint density at radius 3 is 2.55 bits per heavy atom. The molecule has 1 fully saturated rings. The minimum absolute atomic E-state index is 0.246. The molecule has 2 heterocycles. The van der Waals surface area contributed by atoms with Crippen LogP contribution in [0.2, 0.25) is 0 Å². The predicted octanol–water partition coefficient (Wildman–Crippen LogP) is 4.60. The highest BCUT2D eigenvalue weighted by molar-refractivity contribution is 9.10. The van der Waals surface area contributed by atoms with Gasteiger partial charge in [0.15, 0.2) is 0 Å². The zero-order chi connectivity index (χ0) is 20.2. The lowest BCUT2D eigenvalue weighted by Gasteiger charge is -2.23. The summed E-state index contributed by atoms with van der Waals surface area (Å²) in [5, 5.41) is 15.0. The average Bonchev–Trinajstić information content (AvgIpc) is 3.39. The molecule has 0 saturated carbocycles. The molecule has 0 spiro atoms. The number of anilines is 2. The summed E-state index contributed by atoms with van der Waals surface area (Å²) in [4.78, 5) is 26.9. The molecule has 1 aromatic heterocycles. The molecule has 0 bridgehead atoms. The number of aromatic nitrogens is 2. The van der Waals surface area contributed by atoms with Gasteiger partial charge in [-0.3, -0.25) is 10.1 Å². The zero-order valence-corrected chi connectivity index (χ0v) is 17.7. The summed E-state index contributed by atoms with van der Waals surface area (Å²) >= 11 is 4.71. The summed E-state index contributed by atoms with van der Waals surface area (Å²) in [6, 6.07) is 16.1. The summed E-state index contributed by atoms with van der Waals surface area (Å²) in [5.74, 6) is -0.246. The smallest absolute Gasteiger partial charge is 0.312 e. The third kappa shape index (κ3) is 4.63. The molecule has 0 aliphatic carbocycles. The van der Waals surface area contributed by atoms with Gasteiger partial charge in [-0.2, -0.15) is 0 Å². The van der Waals surface area contributed by atoms with Gasteiger partial charge in [-0.1, -0.05) is 57.6 Å². The molecule has 1 atom stereocenters. The summed E-state index contributed by atoms with van der Waals surface area (Å²) in [6.07, 6.45) is 1.40. The number of hydrogen-bond acceptors (Lipinski definition) is 5. The number of benzene rings is 2. The molecule has 1 aliphatic heterocycles. The van der Waals surface area contributed by atoms with E-state index in [1.807, 2.05) is 54.6 Å². The van der Waals surface area contributed by atoms with Crippen LogP contribution in [0.4, 0.5) is 15.6 Å². The Bertz CT molecular complexity index is 1010. The van der Waals surface area contributed by atoms with Crippen LogP contribution in [-0.2, 0) is 4.79 Å². The van der Waals surface area contributed by atoms with Crippen LogP contribution in [0.5, 0.6) is 0 Å². The Hall–Kier alpha value is -2.78. The molecule has 9 heteroatoms. The van der Waals surface area contributed by atoms with Crippen molar-refractivity contribution in [3.8, 4) is 10.6 Å². The number of carbonyl (C=O) groups is 2. The van der Waals surface area contributed by atoms with Gasteiger partial charge >= 0.3 is 6.03 Å². The number of hydrogen-bond donors (Lipinski definition) is 2. The Labute approximate surface area is 180 Å². The van der Waals surface area contributed by atoms with Crippen molar-refractivity contribution in [1.82, 2.24) is 15.1 Å². The predicted molar refractivity (Wildman–Crippen MR) is 117 cm³/mol. The number of amides is 3. The van der Waals surface area contributed by atoms with Crippen molar-refractivity contribution in [3.05, 3.63) is 59.1 Å². The second-order valence-electron chi connectivity index (χ2n) is 6.56. The molecule has 2 N–H and O–H groups in total.